The van der Waals surface area contributed by atoms with E-state index < -0.39 is 11.6 Å². The lowest BCUT2D eigenvalue weighted by molar-refractivity contribution is 0.103. The maximum absolute atomic E-state index is 13.7. The number of halogens is 4. The zero-order valence-electron chi connectivity index (χ0n) is 8.88. The highest BCUT2D eigenvalue weighted by Gasteiger charge is 2.17. The fourth-order valence-electron chi connectivity index (χ4n) is 1.50. The summed E-state index contributed by atoms with van der Waals surface area (Å²) in [4.78, 5) is 12.2. The minimum Gasteiger partial charge on any atom is -0.288 e. The van der Waals surface area contributed by atoms with Crippen LogP contribution in [-0.2, 0) is 0 Å². The molecule has 0 aromatic heterocycles. The van der Waals surface area contributed by atoms with E-state index in [1.165, 1.54) is 30.3 Å². The molecule has 5 heteroatoms. The van der Waals surface area contributed by atoms with Gasteiger partial charge in [0, 0.05) is 10.0 Å². The molecule has 0 unspecified atom stereocenters. The number of carbonyl (C=O) groups excluding carboxylic acids is 1. The van der Waals surface area contributed by atoms with Crippen LogP contribution in [0.25, 0.3) is 0 Å². The molecule has 0 heterocycles. The first kappa shape index (κ1) is 13.5. The van der Waals surface area contributed by atoms with E-state index in [1.54, 1.807) is 6.07 Å². The minimum absolute atomic E-state index is 0.0177. The molecular formula is C13H6BrCl2FO. The third-order valence-electron chi connectivity index (χ3n) is 2.37. The number of hydrogen-bond donors (Lipinski definition) is 0. The van der Waals surface area contributed by atoms with Crippen molar-refractivity contribution in [3.63, 3.8) is 0 Å². The molecule has 18 heavy (non-hydrogen) atoms. The Morgan fingerprint density at radius 2 is 1.83 bits per heavy atom. The normalized spacial score (nSPS) is 10.4. The Balaban J connectivity index is 2.51. The molecule has 92 valence electrons. The summed E-state index contributed by atoms with van der Waals surface area (Å²) >= 11 is 14.8. The molecule has 0 aliphatic carbocycles. The molecule has 0 amide bonds. The van der Waals surface area contributed by atoms with Crippen LogP contribution in [0.3, 0.4) is 0 Å². The number of benzene rings is 2. The summed E-state index contributed by atoms with van der Waals surface area (Å²) in [5.74, 6) is -1.03. The van der Waals surface area contributed by atoms with Gasteiger partial charge >= 0.3 is 0 Å². The van der Waals surface area contributed by atoms with Crippen molar-refractivity contribution in [1.29, 1.82) is 0 Å². The van der Waals surface area contributed by atoms with Gasteiger partial charge in [0.15, 0.2) is 5.78 Å². The van der Waals surface area contributed by atoms with Crippen molar-refractivity contribution in [2.45, 2.75) is 0 Å². The Kier molecular flexibility index (Phi) is 4.05. The second-order valence-electron chi connectivity index (χ2n) is 3.55. The van der Waals surface area contributed by atoms with Gasteiger partial charge in [-0.25, -0.2) is 4.39 Å². The van der Waals surface area contributed by atoms with Crippen LogP contribution in [0.1, 0.15) is 15.9 Å². The summed E-state index contributed by atoms with van der Waals surface area (Å²) < 4.78 is 14.1. The molecule has 0 saturated heterocycles. The fourth-order valence-corrected chi connectivity index (χ4v) is 2.32. The molecule has 0 saturated carbocycles. The first-order valence-electron chi connectivity index (χ1n) is 4.94. The van der Waals surface area contributed by atoms with Crippen molar-refractivity contribution in [3.05, 3.63) is 67.9 Å². The summed E-state index contributed by atoms with van der Waals surface area (Å²) in [5.41, 5.74) is 0.270. The predicted molar refractivity (Wildman–Crippen MR) is 74.0 cm³/mol. The lowest BCUT2D eigenvalue weighted by Crippen LogP contribution is -2.05. The second-order valence-corrected chi connectivity index (χ2v) is 5.22. The van der Waals surface area contributed by atoms with E-state index in [0.29, 0.717) is 9.50 Å². The summed E-state index contributed by atoms with van der Waals surface area (Å²) in [6.07, 6.45) is 0. The Morgan fingerprint density at radius 3 is 2.44 bits per heavy atom. The largest absolute Gasteiger partial charge is 0.288 e. The van der Waals surface area contributed by atoms with Crippen molar-refractivity contribution in [3.8, 4) is 0 Å². The van der Waals surface area contributed by atoms with E-state index in [-0.39, 0.29) is 16.1 Å². The topological polar surface area (TPSA) is 17.1 Å². The molecule has 1 nitrogen and oxygen atoms in total. The van der Waals surface area contributed by atoms with Crippen LogP contribution >= 0.6 is 39.1 Å². The maximum atomic E-state index is 13.7. The average molecular weight is 348 g/mol. The quantitative estimate of drug-likeness (QED) is 0.688. The van der Waals surface area contributed by atoms with E-state index in [1.807, 2.05) is 0 Å². The van der Waals surface area contributed by atoms with Crippen LogP contribution in [0.2, 0.25) is 10.0 Å². The summed E-state index contributed by atoms with van der Waals surface area (Å²) in [6.45, 7) is 0. The molecule has 0 radical (unpaired) electrons. The number of rotatable bonds is 2. The standard InChI is InChI=1S/C13H6BrCl2FO/c14-8-2-1-3-11(17)12(8)13(18)7-4-5-9(15)10(16)6-7/h1-6H. The highest BCUT2D eigenvalue weighted by Crippen LogP contribution is 2.27. The van der Waals surface area contributed by atoms with E-state index in [2.05, 4.69) is 15.9 Å². The Labute approximate surface area is 122 Å². The zero-order chi connectivity index (χ0) is 13.3. The molecule has 0 aliphatic rings. The molecule has 2 aromatic carbocycles. The van der Waals surface area contributed by atoms with Gasteiger partial charge in [-0.15, -0.1) is 0 Å². The van der Waals surface area contributed by atoms with Crippen LogP contribution in [0.4, 0.5) is 4.39 Å². The van der Waals surface area contributed by atoms with E-state index in [9.17, 15) is 9.18 Å². The number of carbonyl (C=O) groups is 1. The number of ketones is 1. The third-order valence-corrected chi connectivity index (χ3v) is 3.77. The first-order chi connectivity index (χ1) is 8.50. The number of hydrogen-bond acceptors (Lipinski definition) is 1. The minimum atomic E-state index is -0.583. The van der Waals surface area contributed by atoms with Crippen molar-refractivity contribution in [2.24, 2.45) is 0 Å². The average Bonchev–Trinajstić information content (AvgIpc) is 2.32. The van der Waals surface area contributed by atoms with Crippen LogP contribution in [0, 0.1) is 5.82 Å². The summed E-state index contributed by atoms with van der Waals surface area (Å²) in [7, 11) is 0. The van der Waals surface area contributed by atoms with Gasteiger partial charge in [-0.3, -0.25) is 4.79 Å². The highest BCUT2D eigenvalue weighted by atomic mass is 79.9. The molecule has 0 bridgehead atoms. The second kappa shape index (κ2) is 5.39. The molecule has 0 atom stereocenters. The van der Waals surface area contributed by atoms with Gasteiger partial charge in [0.1, 0.15) is 5.82 Å². The SMILES string of the molecule is O=C(c1ccc(Cl)c(Cl)c1)c1c(F)cccc1Br. The summed E-state index contributed by atoms with van der Waals surface area (Å²) in [5, 5.41) is 0.607. The van der Waals surface area contributed by atoms with Crippen molar-refractivity contribution in [2.75, 3.05) is 0 Å². The lowest BCUT2D eigenvalue weighted by Gasteiger charge is -2.06. The monoisotopic (exact) mass is 346 g/mol. The first-order valence-corrected chi connectivity index (χ1v) is 6.49. The highest BCUT2D eigenvalue weighted by molar-refractivity contribution is 9.10. The molecule has 0 spiro atoms. The fraction of sp³-hybridized carbons (Fsp3) is 0. The van der Waals surface area contributed by atoms with Crippen molar-refractivity contribution < 1.29 is 9.18 Å². The van der Waals surface area contributed by atoms with Gasteiger partial charge in [0.2, 0.25) is 0 Å². The third kappa shape index (κ3) is 2.58. The van der Waals surface area contributed by atoms with Gasteiger partial charge in [-0.2, -0.15) is 0 Å². The van der Waals surface area contributed by atoms with Crippen LogP contribution in [0.5, 0.6) is 0 Å². The van der Waals surface area contributed by atoms with Gasteiger partial charge in [-0.1, -0.05) is 29.3 Å². The maximum Gasteiger partial charge on any atom is 0.197 e. The molecular weight excluding hydrogens is 342 g/mol. The molecule has 2 aromatic rings. The summed E-state index contributed by atoms with van der Waals surface area (Å²) in [6, 6.07) is 8.79. The van der Waals surface area contributed by atoms with Gasteiger partial charge < -0.3 is 0 Å². The Bertz CT molecular complexity index is 608. The van der Waals surface area contributed by atoms with Gasteiger partial charge in [0.05, 0.1) is 15.6 Å². The van der Waals surface area contributed by atoms with Crippen molar-refractivity contribution in [1.82, 2.24) is 0 Å². The van der Waals surface area contributed by atoms with Crippen LogP contribution in [-0.4, -0.2) is 5.78 Å². The van der Waals surface area contributed by atoms with Crippen LogP contribution in [0.15, 0.2) is 40.9 Å². The molecule has 0 aliphatic heterocycles. The molecule has 0 fully saturated rings. The lowest BCUT2D eigenvalue weighted by atomic mass is 10.0. The molecule has 0 N–H and O–H groups in total. The van der Waals surface area contributed by atoms with Gasteiger partial charge in [-0.05, 0) is 46.3 Å². The molecule has 2 rings (SSSR count). The van der Waals surface area contributed by atoms with E-state index in [4.69, 9.17) is 23.2 Å². The van der Waals surface area contributed by atoms with Gasteiger partial charge in [0.25, 0.3) is 0 Å². The Hall–Kier alpha value is -0.900. The van der Waals surface area contributed by atoms with Crippen LogP contribution < -0.4 is 0 Å². The zero-order valence-corrected chi connectivity index (χ0v) is 12.0. The van der Waals surface area contributed by atoms with E-state index in [0.717, 1.165) is 0 Å². The van der Waals surface area contributed by atoms with Crippen molar-refractivity contribution >= 4 is 44.9 Å². The van der Waals surface area contributed by atoms with E-state index >= 15 is 0 Å². The Morgan fingerprint density at radius 1 is 1.11 bits per heavy atom. The smallest absolute Gasteiger partial charge is 0.197 e. The predicted octanol–water partition coefficient (Wildman–Crippen LogP) is 5.13.